The normalized spacial score (nSPS) is 29.0. The van der Waals surface area contributed by atoms with E-state index in [0.717, 1.165) is 35.1 Å². The van der Waals surface area contributed by atoms with Crippen molar-refractivity contribution in [3.63, 3.8) is 0 Å². The maximum absolute atomic E-state index is 7.04. The predicted octanol–water partition coefficient (Wildman–Crippen LogP) is 8.01. The average Bonchev–Trinajstić information content (AvgIpc) is 3.34. The summed E-state index contributed by atoms with van der Waals surface area (Å²) < 4.78 is 47.2. The van der Waals surface area contributed by atoms with Crippen LogP contribution in [-0.4, -0.2) is 61.5 Å². The molecule has 3 aliphatic heterocycles. The van der Waals surface area contributed by atoms with E-state index in [1.165, 1.54) is 0 Å². The van der Waals surface area contributed by atoms with E-state index < -0.39 is 0 Å². The van der Waals surface area contributed by atoms with E-state index in [0.29, 0.717) is 45.9 Å². The molecule has 3 fully saturated rings. The molecule has 7 heteroatoms. The lowest BCUT2D eigenvalue weighted by Gasteiger charge is -2.51. The van der Waals surface area contributed by atoms with Gasteiger partial charge in [-0.25, -0.2) is 0 Å². The fraction of sp³-hybridized carbons (Fsp3) is 0.409. The first-order chi connectivity index (χ1) is 25.2. The van der Waals surface area contributed by atoms with Crippen molar-refractivity contribution in [2.75, 3.05) is 6.61 Å². The Morgan fingerprint density at radius 2 is 1.04 bits per heavy atom. The molecule has 3 aliphatic rings. The molecule has 0 amide bonds. The van der Waals surface area contributed by atoms with Gasteiger partial charge >= 0.3 is 0 Å². The van der Waals surface area contributed by atoms with Crippen LogP contribution < -0.4 is 0 Å². The Morgan fingerprint density at radius 1 is 0.529 bits per heavy atom. The molecule has 0 spiro atoms. The molecule has 0 saturated carbocycles. The minimum atomic E-state index is -0.350. The molecule has 0 N–H and O–H groups in total. The molecule has 3 heterocycles. The van der Waals surface area contributed by atoms with Gasteiger partial charge in [-0.15, -0.1) is 6.58 Å². The fourth-order valence-electron chi connectivity index (χ4n) is 7.50. The summed E-state index contributed by atoms with van der Waals surface area (Å²) in [6.07, 6.45) is 2.56. The fourth-order valence-corrected chi connectivity index (χ4v) is 7.50. The van der Waals surface area contributed by atoms with Crippen LogP contribution in [-0.2, 0) is 59.6 Å². The van der Waals surface area contributed by atoms with Crippen molar-refractivity contribution in [3.05, 3.63) is 156 Å². The highest BCUT2D eigenvalue weighted by Crippen LogP contribution is 2.40. The molecule has 0 bridgehead atoms. The van der Waals surface area contributed by atoms with Crippen LogP contribution in [0.25, 0.3) is 0 Å². The first kappa shape index (κ1) is 35.7. The minimum Gasteiger partial charge on any atom is -0.374 e. The summed E-state index contributed by atoms with van der Waals surface area (Å²) in [5, 5.41) is 0. The molecule has 4 aromatic carbocycles. The van der Waals surface area contributed by atoms with Gasteiger partial charge in [-0.3, -0.25) is 0 Å². The Balaban J connectivity index is 1.10. The number of hydrogen-bond acceptors (Lipinski definition) is 7. The van der Waals surface area contributed by atoms with E-state index in [9.17, 15) is 0 Å². The summed E-state index contributed by atoms with van der Waals surface area (Å²) in [5.74, 6) is 0. The lowest BCUT2D eigenvalue weighted by molar-refractivity contribution is -0.304. The van der Waals surface area contributed by atoms with Crippen LogP contribution in [0.1, 0.15) is 47.9 Å². The Labute approximate surface area is 302 Å². The SMILES string of the molecule is C=CC[C@@H]1O[C@@H]2C[C@@H]3O[C@H](COCc4ccccc4)[C@@H](OCc4ccccc4)CC[C@H]3O[C@H]2[C@H](OCc2ccccc2)[C@H]1OCc1ccccc1. The summed E-state index contributed by atoms with van der Waals surface area (Å²) in [5.41, 5.74) is 4.46. The molecular weight excluding hydrogens is 640 g/mol. The number of benzene rings is 4. The highest BCUT2D eigenvalue weighted by Gasteiger charge is 2.53. The van der Waals surface area contributed by atoms with Crippen molar-refractivity contribution in [3.8, 4) is 0 Å². The maximum Gasteiger partial charge on any atom is 0.115 e. The summed E-state index contributed by atoms with van der Waals surface area (Å²) in [7, 11) is 0. The molecule has 7 rings (SSSR count). The lowest BCUT2D eigenvalue weighted by Crippen LogP contribution is -2.64. The van der Waals surface area contributed by atoms with E-state index in [4.69, 9.17) is 33.2 Å². The largest absolute Gasteiger partial charge is 0.374 e. The zero-order valence-corrected chi connectivity index (χ0v) is 29.2. The van der Waals surface area contributed by atoms with Gasteiger partial charge in [-0.05, 0) is 41.5 Å². The molecule has 51 heavy (non-hydrogen) atoms. The van der Waals surface area contributed by atoms with Crippen LogP contribution in [0.3, 0.4) is 0 Å². The van der Waals surface area contributed by atoms with E-state index in [1.807, 2.05) is 78.9 Å². The summed E-state index contributed by atoms with van der Waals surface area (Å²) >= 11 is 0. The van der Waals surface area contributed by atoms with Crippen molar-refractivity contribution in [1.29, 1.82) is 0 Å². The standard InChI is InChI=1S/C44H50O7/c1-2-15-38-42(47-29-34-20-11-5-12-21-34)44(48-30-35-22-13-6-14-23-35)43-40(49-38)26-39-37(51-43)25-24-36(46-28-33-18-9-4-10-19-33)41(50-39)31-45-27-32-16-7-3-8-17-32/h2-14,16-23,36-44H,1,15,24-31H2/t36-,37+,38-,39-,40+,41+,42-,43+,44+/m0/s1. The third-order valence-corrected chi connectivity index (χ3v) is 10.1. The Morgan fingerprint density at radius 3 is 1.61 bits per heavy atom. The topological polar surface area (TPSA) is 64.6 Å². The Kier molecular flexibility index (Phi) is 12.8. The quantitative estimate of drug-likeness (QED) is 0.117. The minimum absolute atomic E-state index is 0.148. The maximum atomic E-state index is 7.04. The molecule has 3 saturated heterocycles. The average molecular weight is 691 g/mol. The number of rotatable bonds is 15. The number of fused-ring (bicyclic) bond motifs is 2. The first-order valence-electron chi connectivity index (χ1n) is 18.4. The molecule has 0 unspecified atom stereocenters. The van der Waals surface area contributed by atoms with Crippen LogP contribution in [0, 0.1) is 0 Å². The monoisotopic (exact) mass is 690 g/mol. The van der Waals surface area contributed by atoms with E-state index >= 15 is 0 Å². The highest BCUT2D eigenvalue weighted by atomic mass is 16.6. The van der Waals surface area contributed by atoms with Gasteiger partial charge in [0.05, 0.1) is 63.6 Å². The van der Waals surface area contributed by atoms with Gasteiger partial charge in [0.25, 0.3) is 0 Å². The lowest BCUT2D eigenvalue weighted by atomic mass is 9.86. The molecule has 0 radical (unpaired) electrons. The summed E-state index contributed by atoms with van der Waals surface area (Å²) in [6, 6.07) is 41.0. The smallest absolute Gasteiger partial charge is 0.115 e. The summed E-state index contributed by atoms with van der Waals surface area (Å²) in [6.45, 7) is 6.40. The Hall–Kier alpha value is -3.66. The molecule has 0 aliphatic carbocycles. The van der Waals surface area contributed by atoms with Crippen LogP contribution in [0.2, 0.25) is 0 Å². The van der Waals surface area contributed by atoms with Gasteiger partial charge in [0.1, 0.15) is 24.4 Å². The molecule has 4 aromatic rings. The third kappa shape index (κ3) is 9.62. The first-order valence-corrected chi connectivity index (χ1v) is 18.4. The van der Waals surface area contributed by atoms with Crippen LogP contribution in [0.15, 0.2) is 134 Å². The molecule has 9 atom stereocenters. The van der Waals surface area contributed by atoms with Crippen LogP contribution in [0.5, 0.6) is 0 Å². The highest BCUT2D eigenvalue weighted by molar-refractivity contribution is 5.16. The van der Waals surface area contributed by atoms with Gasteiger partial charge in [-0.1, -0.05) is 127 Å². The van der Waals surface area contributed by atoms with Gasteiger partial charge in [-0.2, -0.15) is 0 Å². The van der Waals surface area contributed by atoms with Crippen molar-refractivity contribution in [2.45, 2.75) is 107 Å². The molecule has 0 aromatic heterocycles. The van der Waals surface area contributed by atoms with E-state index in [-0.39, 0.29) is 54.9 Å². The van der Waals surface area contributed by atoms with Gasteiger partial charge in [0.2, 0.25) is 0 Å². The molecule has 7 nitrogen and oxygen atoms in total. The van der Waals surface area contributed by atoms with Crippen LogP contribution in [0.4, 0.5) is 0 Å². The van der Waals surface area contributed by atoms with E-state index in [1.54, 1.807) is 0 Å². The molecular formula is C44H50O7. The van der Waals surface area contributed by atoms with Crippen molar-refractivity contribution in [1.82, 2.24) is 0 Å². The second-order valence-electron chi connectivity index (χ2n) is 13.8. The van der Waals surface area contributed by atoms with Gasteiger partial charge in [0.15, 0.2) is 0 Å². The summed E-state index contributed by atoms with van der Waals surface area (Å²) in [4.78, 5) is 0. The predicted molar refractivity (Wildman–Crippen MR) is 196 cm³/mol. The second-order valence-corrected chi connectivity index (χ2v) is 13.8. The van der Waals surface area contributed by atoms with Gasteiger partial charge in [0, 0.05) is 6.42 Å². The Bertz CT molecular complexity index is 1590. The number of ether oxygens (including phenoxy) is 7. The van der Waals surface area contributed by atoms with Crippen LogP contribution >= 0.6 is 0 Å². The van der Waals surface area contributed by atoms with Crippen molar-refractivity contribution < 1.29 is 33.2 Å². The number of hydrogen-bond donors (Lipinski definition) is 0. The van der Waals surface area contributed by atoms with Crippen molar-refractivity contribution >= 4 is 0 Å². The molecule has 268 valence electrons. The van der Waals surface area contributed by atoms with E-state index in [2.05, 4.69) is 55.1 Å². The zero-order chi connectivity index (χ0) is 34.7. The van der Waals surface area contributed by atoms with Gasteiger partial charge < -0.3 is 33.2 Å². The second kappa shape index (κ2) is 18.2. The zero-order valence-electron chi connectivity index (χ0n) is 29.2. The van der Waals surface area contributed by atoms with Crippen molar-refractivity contribution in [2.24, 2.45) is 0 Å². The third-order valence-electron chi connectivity index (χ3n) is 10.1.